The molecular formula is C16H21NO2S. The van der Waals surface area contributed by atoms with Crippen molar-refractivity contribution >= 4 is 28.4 Å². The van der Waals surface area contributed by atoms with Crippen molar-refractivity contribution in [3.8, 4) is 0 Å². The number of anilines is 1. The van der Waals surface area contributed by atoms with Crippen LogP contribution in [-0.4, -0.2) is 27.2 Å². The van der Waals surface area contributed by atoms with Gasteiger partial charge in [-0.3, -0.25) is 0 Å². The SMILES string of the molecule is COC(=O)/C=C/C=C/c1sc(N(C)C)c2c1CCCC2. The Morgan fingerprint density at radius 2 is 1.90 bits per heavy atom. The molecule has 1 aromatic rings. The lowest BCUT2D eigenvalue weighted by atomic mass is 9.93. The van der Waals surface area contributed by atoms with Gasteiger partial charge in [0.05, 0.1) is 12.1 Å². The number of carbonyl (C=O) groups is 1. The number of methoxy groups -OCH3 is 1. The van der Waals surface area contributed by atoms with Gasteiger partial charge in [-0.1, -0.05) is 12.2 Å². The zero-order chi connectivity index (χ0) is 14.5. The van der Waals surface area contributed by atoms with E-state index in [1.165, 1.54) is 59.9 Å². The molecule has 0 N–H and O–H groups in total. The number of nitrogens with zero attached hydrogens (tertiary/aromatic N) is 1. The predicted molar refractivity (Wildman–Crippen MR) is 85.5 cm³/mol. The van der Waals surface area contributed by atoms with E-state index in [0.29, 0.717) is 0 Å². The number of hydrogen-bond acceptors (Lipinski definition) is 4. The van der Waals surface area contributed by atoms with Gasteiger partial charge in [0, 0.05) is 25.0 Å². The Morgan fingerprint density at radius 1 is 1.20 bits per heavy atom. The summed E-state index contributed by atoms with van der Waals surface area (Å²) in [4.78, 5) is 14.5. The van der Waals surface area contributed by atoms with Crippen molar-refractivity contribution in [2.45, 2.75) is 25.7 Å². The molecule has 0 unspecified atom stereocenters. The van der Waals surface area contributed by atoms with Crippen LogP contribution in [0.25, 0.3) is 6.08 Å². The summed E-state index contributed by atoms with van der Waals surface area (Å²) in [6, 6.07) is 0. The molecule has 4 heteroatoms. The Kier molecular flexibility index (Phi) is 5.01. The molecule has 2 rings (SSSR count). The molecule has 0 atom stereocenters. The first-order valence-corrected chi connectivity index (χ1v) is 7.69. The highest BCUT2D eigenvalue weighted by molar-refractivity contribution is 7.17. The number of esters is 1. The summed E-state index contributed by atoms with van der Waals surface area (Å²) in [5, 5.41) is 1.37. The van der Waals surface area contributed by atoms with Crippen LogP contribution in [0.2, 0.25) is 0 Å². The molecule has 0 fully saturated rings. The maximum absolute atomic E-state index is 11.0. The normalized spacial score (nSPS) is 14.8. The minimum Gasteiger partial charge on any atom is -0.466 e. The van der Waals surface area contributed by atoms with E-state index in [9.17, 15) is 4.79 Å². The van der Waals surface area contributed by atoms with Crippen molar-refractivity contribution in [2.75, 3.05) is 26.1 Å². The molecule has 3 nitrogen and oxygen atoms in total. The van der Waals surface area contributed by atoms with Gasteiger partial charge in [0.1, 0.15) is 0 Å². The summed E-state index contributed by atoms with van der Waals surface area (Å²) < 4.78 is 4.56. The average molecular weight is 291 g/mol. The molecule has 1 aliphatic carbocycles. The molecule has 20 heavy (non-hydrogen) atoms. The number of fused-ring (bicyclic) bond motifs is 1. The molecule has 0 bridgehead atoms. The zero-order valence-corrected chi connectivity index (χ0v) is 13.1. The second-order valence-corrected chi connectivity index (χ2v) is 6.10. The van der Waals surface area contributed by atoms with E-state index in [0.717, 1.165) is 0 Å². The number of ether oxygens (including phenoxy) is 1. The van der Waals surface area contributed by atoms with Gasteiger partial charge in [-0.2, -0.15) is 0 Å². The fourth-order valence-corrected chi connectivity index (χ4v) is 3.72. The maximum atomic E-state index is 11.0. The van der Waals surface area contributed by atoms with E-state index in [1.807, 2.05) is 17.4 Å². The van der Waals surface area contributed by atoms with Gasteiger partial charge in [0.2, 0.25) is 0 Å². The van der Waals surface area contributed by atoms with Crippen molar-refractivity contribution in [2.24, 2.45) is 0 Å². The van der Waals surface area contributed by atoms with Gasteiger partial charge in [0.15, 0.2) is 0 Å². The first-order chi connectivity index (χ1) is 9.63. The molecule has 0 saturated heterocycles. The summed E-state index contributed by atoms with van der Waals surface area (Å²) in [5.74, 6) is -0.322. The van der Waals surface area contributed by atoms with Gasteiger partial charge in [-0.25, -0.2) is 4.79 Å². The minimum absolute atomic E-state index is 0.322. The second kappa shape index (κ2) is 6.75. The van der Waals surface area contributed by atoms with E-state index in [4.69, 9.17) is 0 Å². The van der Waals surface area contributed by atoms with E-state index >= 15 is 0 Å². The van der Waals surface area contributed by atoms with Crippen LogP contribution in [0.15, 0.2) is 18.2 Å². The Labute approximate surface area is 124 Å². The van der Waals surface area contributed by atoms with Crippen LogP contribution in [0.5, 0.6) is 0 Å². The lowest BCUT2D eigenvalue weighted by Crippen LogP contribution is -2.11. The number of carbonyl (C=O) groups excluding carboxylic acids is 1. The van der Waals surface area contributed by atoms with Crippen molar-refractivity contribution in [3.63, 3.8) is 0 Å². The first kappa shape index (κ1) is 14.9. The molecule has 0 spiro atoms. The van der Waals surface area contributed by atoms with Crippen LogP contribution in [0.1, 0.15) is 28.8 Å². The molecule has 108 valence electrons. The third-order valence-electron chi connectivity index (χ3n) is 3.43. The molecule has 0 aliphatic heterocycles. The second-order valence-electron chi connectivity index (χ2n) is 5.07. The van der Waals surface area contributed by atoms with Crippen LogP contribution in [0.4, 0.5) is 5.00 Å². The third kappa shape index (κ3) is 3.31. The molecule has 0 saturated carbocycles. The largest absolute Gasteiger partial charge is 0.466 e. The Bertz CT molecular complexity index is 541. The smallest absolute Gasteiger partial charge is 0.330 e. The maximum Gasteiger partial charge on any atom is 0.330 e. The number of allylic oxidation sites excluding steroid dienone is 2. The fourth-order valence-electron chi connectivity index (χ4n) is 2.48. The highest BCUT2D eigenvalue weighted by Crippen LogP contribution is 2.40. The molecule has 1 aromatic heterocycles. The van der Waals surface area contributed by atoms with Crippen molar-refractivity contribution < 1.29 is 9.53 Å². The first-order valence-electron chi connectivity index (χ1n) is 6.88. The molecule has 0 aromatic carbocycles. The van der Waals surface area contributed by atoms with E-state index < -0.39 is 0 Å². The molecule has 1 aliphatic rings. The predicted octanol–water partition coefficient (Wildman–Crippen LogP) is 3.44. The lowest BCUT2D eigenvalue weighted by Gasteiger charge is -2.17. The zero-order valence-electron chi connectivity index (χ0n) is 12.3. The van der Waals surface area contributed by atoms with Crippen LogP contribution >= 0.6 is 11.3 Å². The van der Waals surface area contributed by atoms with Crippen LogP contribution in [0, 0.1) is 0 Å². The molecular weight excluding hydrogens is 270 g/mol. The monoisotopic (exact) mass is 291 g/mol. The summed E-state index contributed by atoms with van der Waals surface area (Å²) in [7, 11) is 5.59. The van der Waals surface area contributed by atoms with E-state index in [2.05, 4.69) is 29.8 Å². The Hall–Kier alpha value is -1.55. The Morgan fingerprint density at radius 3 is 2.55 bits per heavy atom. The van der Waals surface area contributed by atoms with Gasteiger partial charge in [0.25, 0.3) is 0 Å². The number of thiophene rings is 1. The van der Waals surface area contributed by atoms with Gasteiger partial charge in [-0.15, -0.1) is 11.3 Å². The van der Waals surface area contributed by atoms with Gasteiger partial charge >= 0.3 is 5.97 Å². The third-order valence-corrected chi connectivity index (χ3v) is 4.84. The minimum atomic E-state index is -0.322. The molecule has 1 heterocycles. The van der Waals surface area contributed by atoms with Crippen LogP contribution in [-0.2, 0) is 22.4 Å². The van der Waals surface area contributed by atoms with Crippen molar-refractivity contribution in [1.82, 2.24) is 0 Å². The fraction of sp³-hybridized carbons (Fsp3) is 0.438. The van der Waals surface area contributed by atoms with Crippen molar-refractivity contribution in [3.05, 3.63) is 34.2 Å². The van der Waals surface area contributed by atoms with Crippen molar-refractivity contribution in [1.29, 1.82) is 0 Å². The van der Waals surface area contributed by atoms with Crippen LogP contribution in [0.3, 0.4) is 0 Å². The summed E-state index contributed by atoms with van der Waals surface area (Å²) in [6.45, 7) is 0. The number of rotatable bonds is 4. The summed E-state index contributed by atoms with van der Waals surface area (Å²) >= 11 is 1.84. The number of hydrogen-bond donors (Lipinski definition) is 0. The lowest BCUT2D eigenvalue weighted by molar-refractivity contribution is -0.134. The molecule has 0 radical (unpaired) electrons. The summed E-state index contributed by atoms with van der Waals surface area (Å²) in [6.07, 6.45) is 12.1. The standard InChI is InChI=1S/C16H21NO2S/c1-17(2)16-13-9-5-4-8-12(13)14(20-16)10-6-7-11-15(18)19-3/h6-7,10-11H,4-5,8-9H2,1-3H3/b10-6+,11-7+. The average Bonchev–Trinajstić information content (AvgIpc) is 2.82. The highest BCUT2D eigenvalue weighted by atomic mass is 32.1. The quantitative estimate of drug-likeness (QED) is 0.483. The van der Waals surface area contributed by atoms with E-state index in [1.54, 1.807) is 6.08 Å². The van der Waals surface area contributed by atoms with Gasteiger partial charge in [-0.05, 0) is 42.9 Å². The highest BCUT2D eigenvalue weighted by Gasteiger charge is 2.20. The van der Waals surface area contributed by atoms with Gasteiger partial charge < -0.3 is 9.64 Å². The van der Waals surface area contributed by atoms with Crippen LogP contribution < -0.4 is 4.90 Å². The van der Waals surface area contributed by atoms with E-state index in [-0.39, 0.29) is 5.97 Å². The summed E-state index contributed by atoms with van der Waals surface area (Å²) in [5.41, 5.74) is 3.01. The topological polar surface area (TPSA) is 29.5 Å². The molecule has 0 amide bonds. The Balaban J connectivity index is 2.22.